The molecule has 1 aliphatic heterocycles. The lowest BCUT2D eigenvalue weighted by Gasteiger charge is -2.30. The number of amides is 1. The van der Waals surface area contributed by atoms with Crippen LogP contribution in [0.2, 0.25) is 5.02 Å². The Morgan fingerprint density at radius 3 is 2.28 bits per heavy atom. The minimum Gasteiger partial charge on any atom is -0.457 e. The summed E-state index contributed by atoms with van der Waals surface area (Å²) >= 11 is 5.85. The summed E-state index contributed by atoms with van der Waals surface area (Å²) in [7, 11) is -3.93. The molecule has 156 valence electrons. The summed E-state index contributed by atoms with van der Waals surface area (Å²) in [5.74, 6) is 0.115. The molecular weight excluding hydrogens is 416 g/mol. The van der Waals surface area contributed by atoms with Crippen molar-refractivity contribution in [2.75, 3.05) is 6.54 Å². The molecule has 0 bridgehead atoms. The molecule has 1 heterocycles. The standard InChI is InChI=1S/C20H23ClN2O5S/c1-14-4-2-3-13-23(19(14)20(24)22-25)29(26,27)18-11-9-17(10-12-18)28-16-7-5-15(21)6-8-16/h5-12,14,19,25H,2-4,13H2,1H3,(H,22,24). The van der Waals surface area contributed by atoms with Gasteiger partial charge in [0.2, 0.25) is 10.0 Å². The summed E-state index contributed by atoms with van der Waals surface area (Å²) in [5.41, 5.74) is 1.61. The highest BCUT2D eigenvalue weighted by atomic mass is 35.5. The van der Waals surface area contributed by atoms with Crippen molar-refractivity contribution in [1.82, 2.24) is 9.79 Å². The van der Waals surface area contributed by atoms with Gasteiger partial charge in [0, 0.05) is 11.6 Å². The van der Waals surface area contributed by atoms with Crippen molar-refractivity contribution >= 4 is 27.5 Å². The number of sulfonamides is 1. The van der Waals surface area contributed by atoms with Crippen LogP contribution >= 0.6 is 11.6 Å². The van der Waals surface area contributed by atoms with Gasteiger partial charge < -0.3 is 4.74 Å². The van der Waals surface area contributed by atoms with Crippen LogP contribution in [0.1, 0.15) is 26.2 Å². The lowest BCUT2D eigenvalue weighted by Crippen LogP contribution is -2.51. The van der Waals surface area contributed by atoms with Crippen LogP contribution in [-0.2, 0) is 14.8 Å². The van der Waals surface area contributed by atoms with E-state index in [1.54, 1.807) is 41.9 Å². The van der Waals surface area contributed by atoms with Gasteiger partial charge in [0.25, 0.3) is 5.91 Å². The number of carbonyl (C=O) groups excluding carboxylic acids is 1. The van der Waals surface area contributed by atoms with Crippen molar-refractivity contribution in [3.8, 4) is 11.5 Å². The van der Waals surface area contributed by atoms with Crippen LogP contribution in [0, 0.1) is 5.92 Å². The Morgan fingerprint density at radius 1 is 1.10 bits per heavy atom. The topological polar surface area (TPSA) is 95.9 Å². The second-order valence-electron chi connectivity index (χ2n) is 7.04. The lowest BCUT2D eigenvalue weighted by molar-refractivity contribution is -0.134. The molecule has 1 amide bonds. The van der Waals surface area contributed by atoms with Crippen LogP contribution in [0.3, 0.4) is 0 Å². The van der Waals surface area contributed by atoms with E-state index in [0.717, 1.165) is 6.42 Å². The number of carbonyl (C=O) groups is 1. The van der Waals surface area contributed by atoms with E-state index in [0.29, 0.717) is 29.4 Å². The zero-order valence-electron chi connectivity index (χ0n) is 15.9. The highest BCUT2D eigenvalue weighted by Gasteiger charge is 2.40. The van der Waals surface area contributed by atoms with Gasteiger partial charge in [0.1, 0.15) is 17.5 Å². The molecule has 29 heavy (non-hydrogen) atoms. The Balaban J connectivity index is 1.85. The first kappa shape index (κ1) is 21.6. The third-order valence-electron chi connectivity index (χ3n) is 5.00. The molecule has 2 aromatic rings. The average molecular weight is 439 g/mol. The largest absolute Gasteiger partial charge is 0.457 e. The van der Waals surface area contributed by atoms with Gasteiger partial charge >= 0.3 is 0 Å². The number of nitrogens with zero attached hydrogens (tertiary/aromatic N) is 1. The number of rotatable bonds is 5. The quantitative estimate of drug-likeness (QED) is 0.546. The smallest absolute Gasteiger partial charge is 0.262 e. The van der Waals surface area contributed by atoms with Crippen LogP contribution in [-0.4, -0.2) is 36.4 Å². The minimum absolute atomic E-state index is 0.0609. The fraction of sp³-hybridized carbons (Fsp3) is 0.350. The molecule has 7 nitrogen and oxygen atoms in total. The van der Waals surface area contributed by atoms with Gasteiger partial charge in [-0.15, -0.1) is 0 Å². The average Bonchev–Trinajstić information content (AvgIpc) is 2.91. The van der Waals surface area contributed by atoms with Crippen LogP contribution in [0.25, 0.3) is 0 Å². The summed E-state index contributed by atoms with van der Waals surface area (Å²) in [6.07, 6.45) is 2.17. The maximum absolute atomic E-state index is 13.2. The number of hydrogen-bond acceptors (Lipinski definition) is 5. The van der Waals surface area contributed by atoms with Crippen molar-refractivity contribution < 1.29 is 23.2 Å². The van der Waals surface area contributed by atoms with E-state index in [9.17, 15) is 13.2 Å². The summed E-state index contributed by atoms with van der Waals surface area (Å²) < 4.78 is 33.3. The fourth-order valence-electron chi connectivity index (χ4n) is 3.49. The highest BCUT2D eigenvalue weighted by molar-refractivity contribution is 7.89. The van der Waals surface area contributed by atoms with Gasteiger partial charge in [-0.25, -0.2) is 13.9 Å². The third-order valence-corrected chi connectivity index (χ3v) is 7.14. The number of hydrogen-bond donors (Lipinski definition) is 2. The van der Waals surface area contributed by atoms with Crippen molar-refractivity contribution in [1.29, 1.82) is 0 Å². The predicted molar refractivity (Wildman–Crippen MR) is 109 cm³/mol. The van der Waals surface area contributed by atoms with E-state index in [2.05, 4.69) is 0 Å². The molecule has 0 spiro atoms. The number of halogens is 1. The van der Waals surface area contributed by atoms with Crippen molar-refractivity contribution in [2.24, 2.45) is 5.92 Å². The summed E-state index contributed by atoms with van der Waals surface area (Å²) in [6, 6.07) is 11.9. The molecule has 2 atom stereocenters. The van der Waals surface area contributed by atoms with Crippen molar-refractivity contribution in [3.63, 3.8) is 0 Å². The van der Waals surface area contributed by atoms with Gasteiger partial charge in [-0.1, -0.05) is 24.9 Å². The Hall–Kier alpha value is -2.13. The lowest BCUT2D eigenvalue weighted by atomic mass is 9.97. The zero-order valence-corrected chi connectivity index (χ0v) is 17.5. The first-order valence-corrected chi connectivity index (χ1v) is 11.1. The zero-order chi connectivity index (χ0) is 21.0. The maximum Gasteiger partial charge on any atom is 0.262 e. The van der Waals surface area contributed by atoms with Crippen molar-refractivity contribution in [3.05, 3.63) is 53.6 Å². The van der Waals surface area contributed by atoms with E-state index < -0.39 is 22.0 Å². The number of benzene rings is 2. The molecule has 3 rings (SSSR count). The van der Waals surface area contributed by atoms with Gasteiger partial charge in [0.15, 0.2) is 0 Å². The second-order valence-corrected chi connectivity index (χ2v) is 9.36. The van der Waals surface area contributed by atoms with Crippen molar-refractivity contribution in [2.45, 2.75) is 37.1 Å². The molecule has 1 aliphatic rings. The molecule has 9 heteroatoms. The first-order valence-electron chi connectivity index (χ1n) is 9.32. The Morgan fingerprint density at radius 2 is 1.69 bits per heavy atom. The Kier molecular flexibility index (Phi) is 6.79. The highest BCUT2D eigenvalue weighted by Crippen LogP contribution is 2.30. The molecular formula is C20H23ClN2O5S. The summed E-state index contributed by atoms with van der Waals surface area (Å²) in [6.45, 7) is 2.03. The third kappa shape index (κ3) is 4.90. The molecule has 0 saturated carbocycles. The van der Waals surface area contributed by atoms with Gasteiger partial charge in [0.05, 0.1) is 4.90 Å². The Labute approximate surface area is 175 Å². The van der Waals surface area contributed by atoms with Gasteiger partial charge in [-0.05, 0) is 67.3 Å². The normalized spacial score (nSPS) is 20.7. The Bertz CT molecular complexity index is 948. The SMILES string of the molecule is CC1CCCCN(S(=O)(=O)c2ccc(Oc3ccc(Cl)cc3)cc2)C1C(=O)NO. The molecule has 2 aromatic carbocycles. The van der Waals surface area contributed by atoms with Gasteiger partial charge in [-0.2, -0.15) is 4.31 Å². The number of ether oxygens (including phenoxy) is 1. The molecule has 1 saturated heterocycles. The van der Waals surface area contributed by atoms with E-state index in [4.69, 9.17) is 21.5 Å². The van der Waals surface area contributed by atoms with E-state index in [1.165, 1.54) is 16.4 Å². The van der Waals surface area contributed by atoms with E-state index in [-0.39, 0.29) is 17.4 Å². The summed E-state index contributed by atoms with van der Waals surface area (Å²) in [4.78, 5) is 12.3. The van der Waals surface area contributed by atoms with E-state index in [1.807, 2.05) is 6.92 Å². The minimum atomic E-state index is -3.93. The fourth-order valence-corrected chi connectivity index (χ4v) is 5.34. The molecule has 0 radical (unpaired) electrons. The van der Waals surface area contributed by atoms with Crippen LogP contribution in [0.4, 0.5) is 0 Å². The molecule has 2 unspecified atom stereocenters. The number of hydroxylamine groups is 1. The van der Waals surface area contributed by atoms with Crippen LogP contribution < -0.4 is 10.2 Å². The van der Waals surface area contributed by atoms with Gasteiger partial charge in [-0.3, -0.25) is 10.0 Å². The molecule has 0 aliphatic carbocycles. The monoisotopic (exact) mass is 438 g/mol. The first-order chi connectivity index (χ1) is 13.8. The maximum atomic E-state index is 13.2. The predicted octanol–water partition coefficient (Wildman–Crippen LogP) is 3.82. The molecule has 2 N–H and O–H groups in total. The molecule has 0 aromatic heterocycles. The van der Waals surface area contributed by atoms with E-state index >= 15 is 0 Å². The summed E-state index contributed by atoms with van der Waals surface area (Å²) in [5, 5.41) is 9.69. The van der Waals surface area contributed by atoms with Crippen LogP contribution in [0.5, 0.6) is 11.5 Å². The second kappa shape index (κ2) is 9.13. The number of nitrogens with one attached hydrogen (secondary N) is 1. The van der Waals surface area contributed by atoms with Crippen LogP contribution in [0.15, 0.2) is 53.4 Å². The molecule has 1 fully saturated rings.